The molecule has 1 unspecified atom stereocenters. The quantitative estimate of drug-likeness (QED) is 0.0400. The molecule has 1 saturated heterocycles. The van der Waals surface area contributed by atoms with E-state index in [1.807, 2.05) is 33.7 Å². The summed E-state index contributed by atoms with van der Waals surface area (Å²) in [5.74, 6) is 15.8. The zero-order chi connectivity index (χ0) is 59.9. The Morgan fingerprint density at radius 1 is 0.954 bits per heavy atom. The summed E-state index contributed by atoms with van der Waals surface area (Å²) in [5, 5.41) is 58.1. The van der Waals surface area contributed by atoms with Crippen LogP contribution in [0.1, 0.15) is 134 Å². The molecule has 6 heterocycles. The number of carbonyl (C=O) groups is 1. The van der Waals surface area contributed by atoms with E-state index in [-0.39, 0.29) is 78.9 Å². The molecule has 458 valence electrons. The van der Waals surface area contributed by atoms with Crippen molar-refractivity contribution in [3.8, 4) is 63.6 Å². The van der Waals surface area contributed by atoms with Gasteiger partial charge >= 0.3 is 5.97 Å². The largest absolute Gasteiger partial charge is 0.508 e. The average Bonchev–Trinajstić information content (AvgIpc) is 1.64. The van der Waals surface area contributed by atoms with Crippen molar-refractivity contribution in [1.82, 2.24) is 16.0 Å². The fraction of sp³-hybridized carbons (Fsp3) is 0.507. The first-order valence-electron chi connectivity index (χ1n) is 31.5. The zero-order valence-electron chi connectivity index (χ0n) is 50.1. The lowest BCUT2D eigenvalue weighted by molar-refractivity contribution is -0.141. The lowest BCUT2D eigenvalue weighted by Crippen LogP contribution is -2.52. The SMILES string of the molecule is COC[C@H]1[C@H](CO)CNCc2c(O)c3c(c4c2[C@@H](C#CC2=C(C=CC(N)N2)C[C@H]2CC[C@]5(Cc6cc(O)cc(OC)c6-c6ccc7c(c65)O[C@H]4[C@H]7COC(C)=O)C2)C#C[C@H]1CCCO)C=C[C@@H]1N[C@H]2CCC[C@@H](CSS[C@H](Cc4ccccc4)[C@H]1O3)C2. The molecule has 0 aromatic heterocycles. The monoisotopic (exact) mass is 1210 g/mol. The number of nitrogens with two attached hydrogens (primary N) is 1. The summed E-state index contributed by atoms with van der Waals surface area (Å²) in [6, 6.07) is 18.5. The van der Waals surface area contributed by atoms with Gasteiger partial charge in [0.15, 0.2) is 11.5 Å². The van der Waals surface area contributed by atoms with E-state index in [0.717, 1.165) is 102 Å². The molecule has 87 heavy (non-hydrogen) atoms. The number of phenols is 2. The molecular weight excluding hydrogens is 1130 g/mol. The second-order valence-electron chi connectivity index (χ2n) is 25.8. The van der Waals surface area contributed by atoms with Crippen LogP contribution in [-0.4, -0.2) is 109 Å². The number of ether oxygens (including phenoxy) is 5. The second-order valence-corrected chi connectivity index (χ2v) is 28.4. The molecule has 16 heteroatoms. The number of allylic oxidation sites excluding steroid dienone is 3. The lowest BCUT2D eigenvalue weighted by Gasteiger charge is -2.39. The molecule has 14 atom stereocenters. The van der Waals surface area contributed by atoms with Crippen LogP contribution in [0.15, 0.2) is 84.1 Å². The van der Waals surface area contributed by atoms with Gasteiger partial charge in [0.25, 0.3) is 0 Å². The molecule has 6 aliphatic heterocycles. The number of esters is 1. The van der Waals surface area contributed by atoms with Gasteiger partial charge in [-0.3, -0.25) is 4.79 Å². The first kappa shape index (κ1) is 59.9. The number of aliphatic hydroxyl groups excluding tert-OH is 2. The van der Waals surface area contributed by atoms with E-state index in [0.29, 0.717) is 72.2 Å². The number of aliphatic hydroxyl groups is 2. The Morgan fingerprint density at radius 2 is 1.83 bits per heavy atom. The van der Waals surface area contributed by atoms with E-state index in [9.17, 15) is 25.2 Å². The van der Waals surface area contributed by atoms with Crippen LogP contribution in [-0.2, 0) is 39.1 Å². The summed E-state index contributed by atoms with van der Waals surface area (Å²) in [5.41, 5.74) is 16.7. The Kier molecular flexibility index (Phi) is 17.8. The van der Waals surface area contributed by atoms with E-state index in [1.54, 1.807) is 20.3 Å². The van der Waals surface area contributed by atoms with Crippen molar-refractivity contribution in [3.63, 3.8) is 0 Å². The lowest BCUT2D eigenvalue weighted by atomic mass is 9.65. The Hall–Kier alpha value is -6.05. The summed E-state index contributed by atoms with van der Waals surface area (Å²) in [6.45, 7) is 2.07. The number of benzene rings is 4. The Bertz CT molecular complexity index is 3490. The minimum atomic E-state index is -0.893. The second kappa shape index (κ2) is 25.8. The van der Waals surface area contributed by atoms with Crippen molar-refractivity contribution < 1.29 is 48.9 Å². The number of fused-ring (bicyclic) bond motifs is 10. The molecule has 4 aromatic carbocycles. The number of methoxy groups -OCH3 is 2. The number of dihydropyridines is 1. The summed E-state index contributed by atoms with van der Waals surface area (Å²) in [7, 11) is 7.14. The van der Waals surface area contributed by atoms with Gasteiger partial charge in [0.2, 0.25) is 0 Å². The van der Waals surface area contributed by atoms with E-state index in [2.05, 4.69) is 100 Å². The Labute approximate surface area is 519 Å². The number of hydrogen-bond acceptors (Lipinski definition) is 16. The van der Waals surface area contributed by atoms with Crippen molar-refractivity contribution in [2.45, 2.75) is 143 Å². The maximum atomic E-state index is 13.8. The first-order chi connectivity index (χ1) is 42.4. The van der Waals surface area contributed by atoms with Gasteiger partial charge in [-0.2, -0.15) is 0 Å². The van der Waals surface area contributed by atoms with E-state index in [4.69, 9.17) is 29.4 Å². The summed E-state index contributed by atoms with van der Waals surface area (Å²) in [4.78, 5) is 13.4. The molecule has 0 amide bonds. The molecule has 0 radical (unpaired) electrons. The number of rotatable bonds is 11. The fourth-order valence-electron chi connectivity index (χ4n) is 16.3. The van der Waals surface area contributed by atoms with E-state index < -0.39 is 41.6 Å². The van der Waals surface area contributed by atoms with Crippen molar-refractivity contribution >= 4 is 33.6 Å². The minimum Gasteiger partial charge on any atom is -0.508 e. The fourth-order valence-corrected chi connectivity index (χ4v) is 19.5. The molecule has 9 N–H and O–H groups in total. The molecular formula is C71H82N4O10S2. The van der Waals surface area contributed by atoms with Crippen LogP contribution in [0.5, 0.6) is 28.7 Å². The van der Waals surface area contributed by atoms with E-state index in [1.165, 1.54) is 18.9 Å². The Morgan fingerprint density at radius 3 is 2.64 bits per heavy atom. The summed E-state index contributed by atoms with van der Waals surface area (Å²) >= 11 is 0. The molecule has 2 saturated carbocycles. The topological polar surface area (TPSA) is 206 Å². The average molecular weight is 1220 g/mol. The molecule has 14 nitrogen and oxygen atoms in total. The highest BCUT2D eigenvalue weighted by Crippen LogP contribution is 2.64. The predicted molar refractivity (Wildman–Crippen MR) is 341 cm³/mol. The smallest absolute Gasteiger partial charge is 0.302 e. The number of nitrogens with one attached hydrogen (secondary N) is 3. The Balaban J connectivity index is 1.11. The summed E-state index contributed by atoms with van der Waals surface area (Å²) < 4.78 is 34.1. The minimum absolute atomic E-state index is 0.0162. The van der Waals surface area contributed by atoms with Crippen molar-refractivity contribution in [2.75, 3.05) is 52.9 Å². The normalized spacial score (nSPS) is 30.9. The van der Waals surface area contributed by atoms with Crippen LogP contribution in [0.3, 0.4) is 0 Å². The van der Waals surface area contributed by atoms with Gasteiger partial charge in [-0.05, 0) is 128 Å². The third-order valence-electron chi connectivity index (χ3n) is 20.2. The van der Waals surface area contributed by atoms with Crippen LogP contribution < -0.4 is 35.9 Å². The summed E-state index contributed by atoms with van der Waals surface area (Å²) in [6.07, 6.45) is 16.9. The highest BCUT2D eigenvalue weighted by atomic mass is 33.1. The number of hydrogen-bond donors (Lipinski definition) is 8. The molecule has 1 spiro atoms. The van der Waals surface area contributed by atoms with Crippen molar-refractivity contribution in [3.05, 3.63) is 129 Å². The molecule has 4 aromatic rings. The molecule has 3 fully saturated rings. The first-order valence-corrected chi connectivity index (χ1v) is 33.9. The van der Waals surface area contributed by atoms with E-state index >= 15 is 0 Å². The highest BCUT2D eigenvalue weighted by molar-refractivity contribution is 8.77. The molecule has 6 bridgehead atoms. The van der Waals surface area contributed by atoms with Crippen LogP contribution >= 0.6 is 21.6 Å². The van der Waals surface area contributed by atoms with Gasteiger partial charge in [-0.1, -0.05) is 106 Å². The van der Waals surface area contributed by atoms with Gasteiger partial charge in [0.05, 0.1) is 42.8 Å². The number of carbonyl (C=O) groups excluding carboxylic acids is 1. The van der Waals surface area contributed by atoms with Crippen LogP contribution in [0.25, 0.3) is 17.2 Å². The van der Waals surface area contributed by atoms with Crippen LogP contribution in [0.2, 0.25) is 0 Å². The van der Waals surface area contributed by atoms with Crippen LogP contribution in [0.4, 0.5) is 0 Å². The van der Waals surface area contributed by atoms with Gasteiger partial charge in [0, 0.05) is 115 Å². The molecule has 13 rings (SSSR count). The highest BCUT2D eigenvalue weighted by Gasteiger charge is 2.52. The van der Waals surface area contributed by atoms with Crippen molar-refractivity contribution in [1.29, 1.82) is 0 Å². The van der Waals surface area contributed by atoms with Gasteiger partial charge in [-0.25, -0.2) is 0 Å². The number of phenolic OH excluding ortho intramolecular Hbond substituents is 2. The van der Waals surface area contributed by atoms with Crippen LogP contribution in [0, 0.1) is 53.3 Å². The zero-order valence-corrected chi connectivity index (χ0v) is 51.7. The third-order valence-corrected chi connectivity index (χ3v) is 23.2. The molecule has 9 aliphatic rings. The third kappa shape index (κ3) is 11.8. The molecule has 3 aliphatic carbocycles. The maximum absolute atomic E-state index is 13.8. The van der Waals surface area contributed by atoms with Gasteiger partial charge < -0.3 is 65.8 Å². The standard InChI is InChI=1S/C71H82N4O10S2/c1-40(78)83-38-56-51-18-19-52-62-47(30-50(79)31-59(62)82-3)33-71-25-24-42(32-71)27-46-17-23-61(72)75-57(46)21-16-45-15-14-44(12-8-26-76)55(37-81-2)48(36-77)34-73-35-54-63(45)64(67(56)84-68(51)65(52)71)53-20-22-58-70(85-69(53)66(54)80)60(29-41-9-5-4-6-10-41)87-86-39-43-11-7-13-49(28-43)74-58/h4-6,9-10,17-20,22-23,30-31,42-45,48-49,55-56,58,60-61,67,70,73-77,79-80H,7-8,11-13,24-29,32-39,72H2,1-3H3/t42-,43-,44-,45-,48+,49+,55-,56+,58+,60-,61?,67+,70+,71-/m1/s1. The number of aromatic hydroxyl groups is 2. The van der Waals surface area contributed by atoms with Gasteiger partial charge in [-0.15, -0.1) is 0 Å². The van der Waals surface area contributed by atoms with Gasteiger partial charge in [0.1, 0.15) is 42.0 Å². The van der Waals surface area contributed by atoms with Crippen molar-refractivity contribution in [2.24, 2.45) is 35.3 Å². The predicted octanol–water partition coefficient (Wildman–Crippen LogP) is 10.0. The maximum Gasteiger partial charge on any atom is 0.302 e.